The fourth-order valence-electron chi connectivity index (χ4n) is 2.36. The Morgan fingerprint density at radius 1 is 1.50 bits per heavy atom. The smallest absolute Gasteiger partial charge is 0.227 e. The number of aryl methyl sites for hydroxylation is 1. The first-order chi connectivity index (χ1) is 8.56. The van der Waals surface area contributed by atoms with Crippen molar-refractivity contribution < 1.29 is 4.79 Å². The molecule has 3 heteroatoms. The van der Waals surface area contributed by atoms with E-state index < -0.39 is 0 Å². The molecule has 0 aliphatic carbocycles. The zero-order chi connectivity index (χ0) is 13.1. The number of nitrogens with zero attached hydrogens (tertiary/aromatic N) is 1. The lowest BCUT2D eigenvalue weighted by Gasteiger charge is -2.34. The Morgan fingerprint density at radius 2 is 2.28 bits per heavy atom. The van der Waals surface area contributed by atoms with Gasteiger partial charge in [0, 0.05) is 17.9 Å². The Labute approximate surface area is 117 Å². The molecule has 18 heavy (non-hydrogen) atoms. The third kappa shape index (κ3) is 3.35. The van der Waals surface area contributed by atoms with Crippen LogP contribution in [0.15, 0.2) is 24.3 Å². The van der Waals surface area contributed by atoms with E-state index in [2.05, 4.69) is 41.9 Å². The van der Waals surface area contributed by atoms with E-state index in [1.54, 1.807) is 0 Å². The topological polar surface area (TPSA) is 20.3 Å². The second kappa shape index (κ2) is 5.87. The van der Waals surface area contributed by atoms with Crippen LogP contribution in [0.3, 0.4) is 0 Å². The van der Waals surface area contributed by atoms with E-state index in [0.717, 1.165) is 25.1 Å². The van der Waals surface area contributed by atoms with Crippen molar-refractivity contribution in [3.05, 3.63) is 35.4 Å². The first-order valence-corrected chi connectivity index (χ1v) is 7.45. The summed E-state index contributed by atoms with van der Waals surface area (Å²) in [6.07, 6.45) is 1.62. The second-order valence-corrected chi connectivity index (χ2v) is 6.46. The van der Waals surface area contributed by atoms with Gasteiger partial charge in [0.25, 0.3) is 0 Å². The van der Waals surface area contributed by atoms with Gasteiger partial charge < -0.3 is 4.90 Å². The van der Waals surface area contributed by atoms with Gasteiger partial charge in [-0.15, -0.1) is 0 Å². The molecule has 0 N–H and O–H groups in total. The van der Waals surface area contributed by atoms with Crippen LogP contribution in [0.1, 0.15) is 24.5 Å². The third-order valence-corrected chi connectivity index (χ3v) is 4.85. The quantitative estimate of drug-likeness (QED) is 0.768. The van der Waals surface area contributed by atoms with E-state index in [1.165, 1.54) is 5.56 Å². The molecule has 1 amide bonds. The zero-order valence-electron chi connectivity index (χ0n) is 11.0. The molecule has 1 saturated heterocycles. The molecule has 2 rings (SSSR count). The van der Waals surface area contributed by atoms with E-state index in [1.807, 2.05) is 17.0 Å². The van der Waals surface area contributed by atoms with Gasteiger partial charge in [-0.2, -0.15) is 0 Å². The molecule has 1 aromatic rings. The van der Waals surface area contributed by atoms with E-state index in [4.69, 9.17) is 0 Å². The number of hydrogen-bond donors (Lipinski definition) is 0. The predicted octanol–water partition coefficient (Wildman–Crippen LogP) is 3.17. The molecule has 0 spiro atoms. The van der Waals surface area contributed by atoms with Gasteiger partial charge in [0.1, 0.15) is 0 Å². The molecule has 1 aromatic carbocycles. The van der Waals surface area contributed by atoms with Gasteiger partial charge in [0.05, 0.1) is 6.42 Å². The Balaban J connectivity index is 1.96. The van der Waals surface area contributed by atoms with Crippen LogP contribution >= 0.6 is 15.9 Å². The fraction of sp³-hybridized carbons (Fsp3) is 0.533. The van der Waals surface area contributed by atoms with Gasteiger partial charge >= 0.3 is 0 Å². The van der Waals surface area contributed by atoms with Gasteiger partial charge in [-0.25, -0.2) is 0 Å². The standard InChI is InChI=1S/C15H20BrNO/c1-11-4-3-5-13(8-11)9-15(18)17-7-6-12(2)14(16)10-17/h3-5,8,12,14H,6-7,9-10H2,1-2H3. The average Bonchev–Trinajstić information content (AvgIpc) is 2.32. The number of amides is 1. The van der Waals surface area contributed by atoms with Crippen LogP contribution in [-0.4, -0.2) is 28.7 Å². The molecule has 0 bridgehead atoms. The van der Waals surface area contributed by atoms with Crippen LogP contribution in [0.4, 0.5) is 0 Å². The molecule has 0 radical (unpaired) electrons. The number of rotatable bonds is 2. The summed E-state index contributed by atoms with van der Waals surface area (Å²) < 4.78 is 0. The van der Waals surface area contributed by atoms with Crippen LogP contribution in [0.2, 0.25) is 0 Å². The molecular weight excluding hydrogens is 290 g/mol. The summed E-state index contributed by atoms with van der Waals surface area (Å²) in [6, 6.07) is 8.20. The minimum Gasteiger partial charge on any atom is -0.341 e. The van der Waals surface area contributed by atoms with Crippen LogP contribution in [0.25, 0.3) is 0 Å². The maximum Gasteiger partial charge on any atom is 0.227 e. The lowest BCUT2D eigenvalue weighted by Crippen LogP contribution is -2.44. The van der Waals surface area contributed by atoms with Gasteiger partial charge in [0.2, 0.25) is 5.91 Å². The number of benzene rings is 1. The molecular formula is C15H20BrNO. The summed E-state index contributed by atoms with van der Waals surface area (Å²) in [6.45, 7) is 6.03. The SMILES string of the molecule is Cc1cccc(CC(=O)N2CCC(C)C(Br)C2)c1. The van der Waals surface area contributed by atoms with E-state index in [-0.39, 0.29) is 5.91 Å². The van der Waals surface area contributed by atoms with E-state index in [0.29, 0.717) is 17.2 Å². The van der Waals surface area contributed by atoms with Crippen LogP contribution in [0, 0.1) is 12.8 Å². The van der Waals surface area contributed by atoms with Crippen molar-refractivity contribution in [2.75, 3.05) is 13.1 Å². The summed E-state index contributed by atoms with van der Waals surface area (Å²) in [5.74, 6) is 0.907. The largest absolute Gasteiger partial charge is 0.341 e. The Morgan fingerprint density at radius 3 is 2.94 bits per heavy atom. The highest BCUT2D eigenvalue weighted by Gasteiger charge is 2.26. The molecule has 2 nitrogen and oxygen atoms in total. The van der Waals surface area contributed by atoms with Crippen molar-refractivity contribution in [1.82, 2.24) is 4.90 Å². The first-order valence-electron chi connectivity index (χ1n) is 6.53. The molecule has 1 aliphatic rings. The molecule has 1 aliphatic heterocycles. The Kier molecular flexibility index (Phi) is 4.44. The van der Waals surface area contributed by atoms with Crippen LogP contribution < -0.4 is 0 Å². The summed E-state index contributed by atoms with van der Waals surface area (Å²) in [5, 5.41) is 0. The number of carbonyl (C=O) groups excluding carboxylic acids is 1. The van der Waals surface area contributed by atoms with Crippen LogP contribution in [0.5, 0.6) is 0 Å². The molecule has 2 atom stereocenters. The number of carbonyl (C=O) groups is 1. The summed E-state index contributed by atoms with van der Waals surface area (Å²) in [7, 11) is 0. The summed E-state index contributed by atoms with van der Waals surface area (Å²) in [4.78, 5) is 14.7. The summed E-state index contributed by atoms with van der Waals surface area (Å²) in [5.41, 5.74) is 2.33. The van der Waals surface area contributed by atoms with E-state index in [9.17, 15) is 4.79 Å². The molecule has 1 fully saturated rings. The maximum absolute atomic E-state index is 12.2. The summed E-state index contributed by atoms with van der Waals surface area (Å²) >= 11 is 3.67. The first kappa shape index (κ1) is 13.6. The van der Waals surface area contributed by atoms with Gasteiger partial charge in [0.15, 0.2) is 0 Å². The number of likely N-dealkylation sites (tertiary alicyclic amines) is 1. The van der Waals surface area contributed by atoms with Crippen molar-refractivity contribution in [2.45, 2.75) is 31.5 Å². The van der Waals surface area contributed by atoms with E-state index >= 15 is 0 Å². The van der Waals surface area contributed by atoms with Crippen molar-refractivity contribution in [3.8, 4) is 0 Å². The van der Waals surface area contributed by atoms with Gasteiger partial charge in [-0.05, 0) is 24.8 Å². The number of alkyl halides is 1. The molecule has 0 aromatic heterocycles. The number of piperidine rings is 1. The highest BCUT2D eigenvalue weighted by Crippen LogP contribution is 2.23. The zero-order valence-corrected chi connectivity index (χ0v) is 12.6. The normalized spacial score (nSPS) is 24.1. The molecule has 98 valence electrons. The number of halogens is 1. The Bertz CT molecular complexity index is 432. The molecule has 2 unspecified atom stereocenters. The fourth-order valence-corrected chi connectivity index (χ4v) is 2.97. The molecule has 0 saturated carbocycles. The predicted molar refractivity (Wildman–Crippen MR) is 78.0 cm³/mol. The van der Waals surface area contributed by atoms with Crippen LogP contribution in [-0.2, 0) is 11.2 Å². The lowest BCUT2D eigenvalue weighted by molar-refractivity contribution is -0.131. The minimum absolute atomic E-state index is 0.247. The van der Waals surface area contributed by atoms with Gasteiger partial charge in [-0.1, -0.05) is 52.7 Å². The molecule has 1 heterocycles. The van der Waals surface area contributed by atoms with Gasteiger partial charge in [-0.3, -0.25) is 4.79 Å². The van der Waals surface area contributed by atoms with Crippen molar-refractivity contribution >= 4 is 21.8 Å². The Hall–Kier alpha value is -0.830. The minimum atomic E-state index is 0.247. The monoisotopic (exact) mass is 309 g/mol. The lowest BCUT2D eigenvalue weighted by atomic mass is 9.98. The second-order valence-electron chi connectivity index (χ2n) is 5.29. The van der Waals surface area contributed by atoms with Crippen molar-refractivity contribution in [3.63, 3.8) is 0 Å². The highest BCUT2D eigenvalue weighted by molar-refractivity contribution is 9.09. The highest BCUT2D eigenvalue weighted by atomic mass is 79.9. The average molecular weight is 310 g/mol. The van der Waals surface area contributed by atoms with Crippen molar-refractivity contribution in [2.24, 2.45) is 5.92 Å². The maximum atomic E-state index is 12.2. The third-order valence-electron chi connectivity index (χ3n) is 3.66. The van der Waals surface area contributed by atoms with Crippen molar-refractivity contribution in [1.29, 1.82) is 0 Å². The number of hydrogen-bond acceptors (Lipinski definition) is 1.